The van der Waals surface area contributed by atoms with Crippen molar-refractivity contribution >= 4 is 33.0 Å². The third kappa shape index (κ3) is 3.76. The molecule has 1 saturated heterocycles. The average molecular weight is 290 g/mol. The minimum atomic E-state index is -3.30. The van der Waals surface area contributed by atoms with Crippen molar-refractivity contribution in [3.63, 3.8) is 0 Å². The highest BCUT2D eigenvalue weighted by Crippen LogP contribution is 2.26. The maximum Gasteiger partial charge on any atom is 0.229 e. The number of halogens is 1. The minimum absolute atomic E-state index is 0.386. The molecule has 5 nitrogen and oxygen atoms in total. The first-order valence-electron chi connectivity index (χ1n) is 5.69. The maximum absolute atomic E-state index is 11.1. The quantitative estimate of drug-likeness (QED) is 0.785. The van der Waals surface area contributed by atoms with Gasteiger partial charge in [0.05, 0.1) is 17.0 Å². The van der Waals surface area contributed by atoms with Crippen LogP contribution in [-0.4, -0.2) is 33.8 Å². The predicted molar refractivity (Wildman–Crippen MR) is 74.8 cm³/mol. The first-order chi connectivity index (χ1) is 8.44. The van der Waals surface area contributed by atoms with Crippen molar-refractivity contribution in [3.8, 4) is 0 Å². The Morgan fingerprint density at radius 3 is 2.78 bits per heavy atom. The molecule has 18 heavy (non-hydrogen) atoms. The molecule has 1 aromatic rings. The van der Waals surface area contributed by atoms with Crippen LogP contribution in [0.3, 0.4) is 0 Å². The predicted octanol–water partition coefficient (Wildman–Crippen LogP) is 1.49. The van der Waals surface area contributed by atoms with Crippen molar-refractivity contribution in [3.05, 3.63) is 23.2 Å². The number of sulfonamides is 1. The second kappa shape index (κ2) is 5.34. The minimum Gasteiger partial charge on any atom is -0.381 e. The number of hydrogen-bond acceptors (Lipinski definition) is 4. The Hall–Kier alpha value is -0.980. The van der Waals surface area contributed by atoms with Crippen molar-refractivity contribution in [2.75, 3.05) is 29.4 Å². The van der Waals surface area contributed by atoms with E-state index >= 15 is 0 Å². The van der Waals surface area contributed by atoms with E-state index in [1.807, 2.05) is 6.07 Å². The van der Waals surface area contributed by atoms with Gasteiger partial charge in [0, 0.05) is 18.3 Å². The molecule has 1 unspecified atom stereocenters. The van der Waals surface area contributed by atoms with Crippen LogP contribution in [0.4, 0.5) is 11.4 Å². The normalized spacial score (nSPS) is 19.8. The molecular formula is C11H16ClN3O2S. The van der Waals surface area contributed by atoms with E-state index in [-0.39, 0.29) is 0 Å². The standard InChI is InChI=1S/C11H16ClN3O2S/c1-18(16,17)15-11-3-2-8(6-10(11)12)14-9-4-5-13-7-9/h2-3,6,9,13-15H,4-5,7H2,1H3. The van der Waals surface area contributed by atoms with E-state index in [0.717, 1.165) is 31.5 Å². The largest absolute Gasteiger partial charge is 0.381 e. The summed E-state index contributed by atoms with van der Waals surface area (Å²) in [5.74, 6) is 0. The zero-order valence-electron chi connectivity index (χ0n) is 10.0. The average Bonchev–Trinajstić information content (AvgIpc) is 2.73. The Morgan fingerprint density at radius 2 is 2.22 bits per heavy atom. The molecule has 1 heterocycles. The number of nitrogens with one attached hydrogen (secondary N) is 3. The highest BCUT2D eigenvalue weighted by Gasteiger charge is 2.14. The molecule has 0 spiro atoms. The Bertz CT molecular complexity index is 527. The van der Waals surface area contributed by atoms with Gasteiger partial charge in [-0.25, -0.2) is 8.42 Å². The fourth-order valence-electron chi connectivity index (χ4n) is 1.90. The van der Waals surface area contributed by atoms with Crippen LogP contribution in [-0.2, 0) is 10.0 Å². The van der Waals surface area contributed by atoms with Crippen LogP contribution in [0.5, 0.6) is 0 Å². The zero-order chi connectivity index (χ0) is 13.2. The second-order valence-corrected chi connectivity index (χ2v) is 6.56. The summed E-state index contributed by atoms with van der Waals surface area (Å²) in [6.07, 6.45) is 2.17. The van der Waals surface area contributed by atoms with Gasteiger partial charge in [-0.3, -0.25) is 4.72 Å². The summed E-state index contributed by atoms with van der Waals surface area (Å²) in [7, 11) is -3.30. The van der Waals surface area contributed by atoms with Gasteiger partial charge in [-0.1, -0.05) is 11.6 Å². The van der Waals surface area contributed by atoms with Crippen LogP contribution in [0, 0.1) is 0 Å². The molecule has 1 aromatic carbocycles. The highest BCUT2D eigenvalue weighted by atomic mass is 35.5. The molecule has 1 atom stereocenters. The van der Waals surface area contributed by atoms with Gasteiger partial charge in [-0.05, 0) is 31.2 Å². The Labute approximate surface area is 112 Å². The lowest BCUT2D eigenvalue weighted by molar-refractivity contribution is 0.607. The Balaban J connectivity index is 2.09. The topological polar surface area (TPSA) is 70.2 Å². The van der Waals surface area contributed by atoms with Crippen LogP contribution in [0.1, 0.15) is 6.42 Å². The molecular weight excluding hydrogens is 274 g/mol. The monoisotopic (exact) mass is 289 g/mol. The van der Waals surface area contributed by atoms with Gasteiger partial charge in [0.25, 0.3) is 0 Å². The SMILES string of the molecule is CS(=O)(=O)Nc1ccc(NC2CCNC2)cc1Cl. The van der Waals surface area contributed by atoms with Crippen molar-refractivity contribution in [2.45, 2.75) is 12.5 Å². The summed E-state index contributed by atoms with van der Waals surface area (Å²) in [6, 6.07) is 5.61. The van der Waals surface area contributed by atoms with Crippen molar-refractivity contribution in [1.29, 1.82) is 0 Å². The molecule has 0 aromatic heterocycles. The van der Waals surface area contributed by atoms with Crippen LogP contribution in [0.15, 0.2) is 18.2 Å². The lowest BCUT2D eigenvalue weighted by Gasteiger charge is -2.14. The van der Waals surface area contributed by atoms with Crippen LogP contribution in [0.25, 0.3) is 0 Å². The molecule has 0 bridgehead atoms. The smallest absolute Gasteiger partial charge is 0.229 e. The maximum atomic E-state index is 11.1. The summed E-state index contributed by atoms with van der Waals surface area (Å²) in [4.78, 5) is 0. The molecule has 2 rings (SSSR count). The molecule has 100 valence electrons. The number of rotatable bonds is 4. The van der Waals surface area contributed by atoms with E-state index < -0.39 is 10.0 Å². The van der Waals surface area contributed by atoms with E-state index in [4.69, 9.17) is 11.6 Å². The van der Waals surface area contributed by atoms with Crippen LogP contribution in [0.2, 0.25) is 5.02 Å². The van der Waals surface area contributed by atoms with Crippen molar-refractivity contribution in [2.24, 2.45) is 0 Å². The summed E-state index contributed by atoms with van der Waals surface area (Å²) < 4.78 is 24.6. The summed E-state index contributed by atoms with van der Waals surface area (Å²) >= 11 is 6.04. The molecule has 1 fully saturated rings. The molecule has 1 aliphatic heterocycles. The van der Waals surface area contributed by atoms with Crippen molar-refractivity contribution in [1.82, 2.24) is 5.32 Å². The Kier molecular flexibility index (Phi) is 3.99. The lowest BCUT2D eigenvalue weighted by Crippen LogP contribution is -2.22. The number of anilines is 2. The van der Waals surface area contributed by atoms with Gasteiger partial charge >= 0.3 is 0 Å². The fraction of sp³-hybridized carbons (Fsp3) is 0.455. The summed E-state index contributed by atoms with van der Waals surface area (Å²) in [6.45, 7) is 1.94. The molecule has 7 heteroatoms. The number of hydrogen-bond donors (Lipinski definition) is 3. The molecule has 3 N–H and O–H groups in total. The molecule has 0 saturated carbocycles. The summed E-state index contributed by atoms with van der Waals surface area (Å²) in [5, 5.41) is 7.00. The first-order valence-corrected chi connectivity index (χ1v) is 7.95. The molecule has 1 aliphatic rings. The van der Waals surface area contributed by atoms with E-state index in [1.165, 1.54) is 0 Å². The Morgan fingerprint density at radius 1 is 1.44 bits per heavy atom. The van der Waals surface area contributed by atoms with Gasteiger partial charge in [-0.15, -0.1) is 0 Å². The van der Waals surface area contributed by atoms with Gasteiger partial charge in [0.1, 0.15) is 0 Å². The van der Waals surface area contributed by atoms with E-state index in [0.29, 0.717) is 16.8 Å². The first kappa shape index (κ1) is 13.5. The third-order valence-electron chi connectivity index (χ3n) is 2.70. The summed E-state index contributed by atoms with van der Waals surface area (Å²) in [5.41, 5.74) is 1.29. The second-order valence-electron chi connectivity index (χ2n) is 4.40. The van der Waals surface area contributed by atoms with Gasteiger partial charge < -0.3 is 10.6 Å². The highest BCUT2D eigenvalue weighted by molar-refractivity contribution is 7.92. The number of benzene rings is 1. The zero-order valence-corrected chi connectivity index (χ0v) is 11.6. The van der Waals surface area contributed by atoms with Crippen LogP contribution < -0.4 is 15.4 Å². The van der Waals surface area contributed by atoms with E-state index in [9.17, 15) is 8.42 Å². The molecule has 0 radical (unpaired) electrons. The fourth-order valence-corrected chi connectivity index (χ4v) is 2.76. The van der Waals surface area contributed by atoms with Crippen molar-refractivity contribution < 1.29 is 8.42 Å². The van der Waals surface area contributed by atoms with Gasteiger partial charge in [-0.2, -0.15) is 0 Å². The molecule has 0 amide bonds. The van der Waals surface area contributed by atoms with Crippen LogP contribution >= 0.6 is 11.6 Å². The molecule has 0 aliphatic carbocycles. The third-order valence-corrected chi connectivity index (χ3v) is 3.60. The van der Waals surface area contributed by atoms with E-state index in [2.05, 4.69) is 15.4 Å². The van der Waals surface area contributed by atoms with Gasteiger partial charge in [0.15, 0.2) is 0 Å². The van der Waals surface area contributed by atoms with Gasteiger partial charge in [0.2, 0.25) is 10.0 Å². The van der Waals surface area contributed by atoms with E-state index in [1.54, 1.807) is 12.1 Å². The lowest BCUT2D eigenvalue weighted by atomic mass is 10.2.